The first-order chi connectivity index (χ1) is 9.45. The van der Waals surface area contributed by atoms with Crippen LogP contribution in [0.25, 0.3) is 0 Å². The minimum absolute atomic E-state index is 0.263. The number of amides is 2. The number of alkyl halides is 3. The van der Waals surface area contributed by atoms with Crippen molar-refractivity contribution in [1.29, 1.82) is 0 Å². The number of nitrogens with one attached hydrogen (secondary N) is 2. The molecule has 0 atom stereocenters. The van der Waals surface area contributed by atoms with Crippen molar-refractivity contribution >= 4 is 11.7 Å². The normalized spacial score (nSPS) is 10.7. The van der Waals surface area contributed by atoms with Crippen molar-refractivity contribution in [3.8, 4) is 12.3 Å². The van der Waals surface area contributed by atoms with Gasteiger partial charge in [-0.3, -0.25) is 0 Å². The molecule has 1 aromatic rings. The van der Waals surface area contributed by atoms with Gasteiger partial charge in [0.2, 0.25) is 0 Å². The average Bonchev–Trinajstić information content (AvgIpc) is 2.38. The van der Waals surface area contributed by atoms with E-state index in [0.717, 1.165) is 12.5 Å². The molecule has 2 amide bonds. The summed E-state index contributed by atoms with van der Waals surface area (Å²) in [6.07, 6.45) is 2.62. The Balaban J connectivity index is 2.53. The Morgan fingerprint density at radius 2 is 1.95 bits per heavy atom. The monoisotopic (exact) mass is 284 g/mol. The van der Waals surface area contributed by atoms with Crippen molar-refractivity contribution in [3.05, 3.63) is 29.8 Å². The number of anilines is 1. The number of carbonyl (C=O) groups is 1. The van der Waals surface area contributed by atoms with Crippen molar-refractivity contribution in [2.45, 2.75) is 25.4 Å². The van der Waals surface area contributed by atoms with E-state index in [2.05, 4.69) is 16.6 Å². The predicted octanol–water partition coefficient (Wildman–Crippen LogP) is 3.63. The summed E-state index contributed by atoms with van der Waals surface area (Å²) in [5.41, 5.74) is -1.14. The second-order valence-corrected chi connectivity index (χ2v) is 4.09. The van der Waals surface area contributed by atoms with E-state index in [4.69, 9.17) is 6.42 Å². The van der Waals surface area contributed by atoms with Gasteiger partial charge in [0, 0.05) is 13.0 Å². The fourth-order valence-electron chi connectivity index (χ4n) is 1.56. The van der Waals surface area contributed by atoms with Crippen molar-refractivity contribution < 1.29 is 18.0 Å². The van der Waals surface area contributed by atoms with Gasteiger partial charge in [-0.15, -0.1) is 12.3 Å². The minimum Gasteiger partial charge on any atom is -0.338 e. The smallest absolute Gasteiger partial charge is 0.338 e. The average molecular weight is 284 g/mol. The summed E-state index contributed by atoms with van der Waals surface area (Å²) in [5.74, 6) is 2.47. The zero-order chi connectivity index (χ0) is 15.0. The fourth-order valence-corrected chi connectivity index (χ4v) is 1.56. The summed E-state index contributed by atoms with van der Waals surface area (Å²) in [4.78, 5) is 11.5. The lowest BCUT2D eigenvalue weighted by Crippen LogP contribution is -2.30. The summed E-state index contributed by atoms with van der Waals surface area (Å²) in [6.45, 7) is 0.363. The molecule has 0 saturated carbocycles. The SMILES string of the molecule is C#CCCCCNC(=O)Nc1ccccc1C(F)(F)F. The van der Waals surface area contributed by atoms with Crippen LogP contribution in [0.3, 0.4) is 0 Å². The number of unbranched alkanes of at least 4 members (excludes halogenated alkanes) is 2. The minimum atomic E-state index is -4.50. The molecule has 0 saturated heterocycles. The van der Waals surface area contributed by atoms with Gasteiger partial charge in [-0.25, -0.2) is 4.79 Å². The number of carbonyl (C=O) groups excluding carboxylic acids is 1. The molecule has 6 heteroatoms. The molecular formula is C14H15F3N2O. The summed E-state index contributed by atoms with van der Waals surface area (Å²) < 4.78 is 38.1. The number of terminal acetylenes is 1. The molecule has 0 aliphatic carbocycles. The number of urea groups is 1. The highest BCUT2D eigenvalue weighted by Crippen LogP contribution is 2.34. The molecule has 0 aromatic heterocycles. The van der Waals surface area contributed by atoms with Crippen LogP contribution < -0.4 is 10.6 Å². The second-order valence-electron chi connectivity index (χ2n) is 4.09. The molecule has 0 aliphatic rings. The van der Waals surface area contributed by atoms with Gasteiger partial charge in [0.1, 0.15) is 0 Å². The first-order valence-corrected chi connectivity index (χ1v) is 6.09. The molecule has 108 valence electrons. The molecule has 0 unspecified atom stereocenters. The molecule has 0 bridgehead atoms. The topological polar surface area (TPSA) is 41.1 Å². The van der Waals surface area contributed by atoms with Gasteiger partial charge < -0.3 is 10.6 Å². The van der Waals surface area contributed by atoms with Crippen molar-refractivity contribution in [2.24, 2.45) is 0 Å². The van der Waals surface area contributed by atoms with E-state index in [9.17, 15) is 18.0 Å². The summed E-state index contributed by atoms with van der Waals surface area (Å²) in [6, 6.07) is 4.16. The van der Waals surface area contributed by atoms with Crippen molar-refractivity contribution in [3.63, 3.8) is 0 Å². The van der Waals surface area contributed by atoms with Crippen LogP contribution in [0.15, 0.2) is 24.3 Å². The number of benzene rings is 1. The highest BCUT2D eigenvalue weighted by molar-refractivity contribution is 5.90. The van der Waals surface area contributed by atoms with Crippen LogP contribution in [0.1, 0.15) is 24.8 Å². The zero-order valence-electron chi connectivity index (χ0n) is 10.8. The highest BCUT2D eigenvalue weighted by atomic mass is 19.4. The number of halogens is 3. The Morgan fingerprint density at radius 3 is 2.60 bits per heavy atom. The third-order valence-electron chi connectivity index (χ3n) is 2.51. The first kappa shape index (κ1) is 15.9. The third-order valence-corrected chi connectivity index (χ3v) is 2.51. The van der Waals surface area contributed by atoms with Crippen molar-refractivity contribution in [1.82, 2.24) is 5.32 Å². The summed E-state index contributed by atoms with van der Waals surface area (Å²) in [5, 5.41) is 4.68. The van der Waals surface area contributed by atoms with Gasteiger partial charge >= 0.3 is 12.2 Å². The Hall–Kier alpha value is -2.16. The standard InChI is InChI=1S/C14H15F3N2O/c1-2-3-4-7-10-18-13(20)19-12-9-6-5-8-11(12)14(15,16)17/h1,5-6,8-9H,3-4,7,10H2,(H2,18,19,20). The molecule has 0 heterocycles. The number of hydrogen-bond acceptors (Lipinski definition) is 1. The molecule has 20 heavy (non-hydrogen) atoms. The molecule has 2 N–H and O–H groups in total. The van der Waals surface area contributed by atoms with E-state index in [-0.39, 0.29) is 5.69 Å². The van der Waals surface area contributed by atoms with Crippen LogP contribution in [0, 0.1) is 12.3 Å². The summed E-state index contributed by atoms with van der Waals surface area (Å²) in [7, 11) is 0. The zero-order valence-corrected chi connectivity index (χ0v) is 10.8. The van der Waals surface area contributed by atoms with Crippen LogP contribution in [0.5, 0.6) is 0 Å². The lowest BCUT2D eigenvalue weighted by molar-refractivity contribution is -0.136. The highest BCUT2D eigenvalue weighted by Gasteiger charge is 2.33. The molecule has 3 nitrogen and oxygen atoms in total. The number of para-hydroxylation sites is 1. The molecular weight excluding hydrogens is 269 g/mol. The third kappa shape index (κ3) is 5.22. The van der Waals surface area contributed by atoms with E-state index < -0.39 is 17.8 Å². The molecule has 0 radical (unpaired) electrons. The van der Waals surface area contributed by atoms with Gasteiger partial charge in [-0.1, -0.05) is 12.1 Å². The largest absolute Gasteiger partial charge is 0.418 e. The van der Waals surface area contributed by atoms with Crippen LogP contribution in [-0.4, -0.2) is 12.6 Å². The van der Waals surface area contributed by atoms with Crippen LogP contribution in [-0.2, 0) is 6.18 Å². The van der Waals surface area contributed by atoms with E-state index in [1.807, 2.05) is 0 Å². The van der Waals surface area contributed by atoms with E-state index in [0.29, 0.717) is 19.4 Å². The van der Waals surface area contributed by atoms with Crippen LogP contribution in [0.4, 0.5) is 23.7 Å². The Bertz CT molecular complexity index is 492. The molecule has 1 rings (SSSR count). The Morgan fingerprint density at radius 1 is 1.25 bits per heavy atom. The Labute approximate surface area is 115 Å². The van der Waals surface area contributed by atoms with Gasteiger partial charge in [-0.2, -0.15) is 13.2 Å². The first-order valence-electron chi connectivity index (χ1n) is 6.09. The Kier molecular flexibility index (Phi) is 5.91. The fraction of sp³-hybridized carbons (Fsp3) is 0.357. The van der Waals surface area contributed by atoms with E-state index in [1.165, 1.54) is 18.2 Å². The van der Waals surface area contributed by atoms with E-state index in [1.54, 1.807) is 0 Å². The van der Waals surface area contributed by atoms with Crippen LogP contribution in [0.2, 0.25) is 0 Å². The molecule has 0 spiro atoms. The maximum absolute atomic E-state index is 12.7. The maximum atomic E-state index is 12.7. The maximum Gasteiger partial charge on any atom is 0.418 e. The molecule has 1 aromatic carbocycles. The quantitative estimate of drug-likeness (QED) is 0.629. The van der Waals surface area contributed by atoms with Gasteiger partial charge in [0.15, 0.2) is 0 Å². The lowest BCUT2D eigenvalue weighted by atomic mass is 10.1. The van der Waals surface area contributed by atoms with Gasteiger partial charge in [0.05, 0.1) is 11.3 Å². The van der Waals surface area contributed by atoms with Gasteiger partial charge in [0.25, 0.3) is 0 Å². The summed E-state index contributed by atoms with van der Waals surface area (Å²) >= 11 is 0. The number of hydrogen-bond donors (Lipinski definition) is 2. The lowest BCUT2D eigenvalue weighted by Gasteiger charge is -2.13. The van der Waals surface area contributed by atoms with Crippen LogP contribution >= 0.6 is 0 Å². The van der Waals surface area contributed by atoms with Gasteiger partial charge in [-0.05, 0) is 25.0 Å². The predicted molar refractivity (Wildman–Crippen MR) is 71.1 cm³/mol. The van der Waals surface area contributed by atoms with E-state index >= 15 is 0 Å². The van der Waals surface area contributed by atoms with Crippen molar-refractivity contribution in [2.75, 3.05) is 11.9 Å². The molecule has 0 fully saturated rings. The molecule has 0 aliphatic heterocycles. The number of rotatable bonds is 5. The second kappa shape index (κ2) is 7.43.